The second-order valence-corrected chi connectivity index (χ2v) is 9.40. The van der Waals surface area contributed by atoms with Gasteiger partial charge in [-0.3, -0.25) is 9.82 Å². The van der Waals surface area contributed by atoms with Gasteiger partial charge in [-0.2, -0.15) is 10.4 Å². The molecule has 8 nitrogen and oxygen atoms in total. The summed E-state index contributed by atoms with van der Waals surface area (Å²) in [7, 11) is -4.00. The third kappa shape index (κ3) is 4.51. The first-order valence-corrected chi connectivity index (χ1v) is 11.2. The molecule has 0 spiro atoms. The van der Waals surface area contributed by atoms with Gasteiger partial charge in [0.2, 0.25) is 0 Å². The molecule has 31 heavy (non-hydrogen) atoms. The molecule has 0 saturated heterocycles. The van der Waals surface area contributed by atoms with Crippen molar-refractivity contribution in [3.05, 3.63) is 70.6 Å². The summed E-state index contributed by atoms with van der Waals surface area (Å²) in [5.74, 6) is -0.119. The summed E-state index contributed by atoms with van der Waals surface area (Å²) < 4.78 is 47.4. The Balaban J connectivity index is 1.67. The second-order valence-electron chi connectivity index (χ2n) is 6.06. The Kier molecular flexibility index (Phi) is 5.60. The summed E-state index contributed by atoms with van der Waals surface area (Å²) in [5.41, 5.74) is 0.874. The first kappa shape index (κ1) is 20.8. The standard InChI is InChI=1S/C19H11ClFN5O3S2/c20-18-10-23-19(30-18)26-31(27,28)13-2-4-16(11(7-13)9-22)29-17-3-1-12(21)8-14(17)15-5-6-24-25-15/h1-8,10H,(H,23,26)(H,24,25). The maximum absolute atomic E-state index is 13.8. The minimum absolute atomic E-state index is 0.0278. The Morgan fingerprint density at radius 3 is 2.68 bits per heavy atom. The zero-order valence-corrected chi connectivity index (χ0v) is 17.7. The van der Waals surface area contributed by atoms with Gasteiger partial charge in [-0.25, -0.2) is 17.8 Å². The van der Waals surface area contributed by atoms with Gasteiger partial charge in [-0.15, -0.1) is 0 Å². The Hall–Kier alpha value is -3.46. The minimum Gasteiger partial charge on any atom is -0.455 e. The van der Waals surface area contributed by atoms with Crippen molar-refractivity contribution < 1.29 is 17.5 Å². The smallest absolute Gasteiger partial charge is 0.263 e. The maximum Gasteiger partial charge on any atom is 0.263 e. The van der Waals surface area contributed by atoms with Gasteiger partial charge >= 0.3 is 0 Å². The van der Waals surface area contributed by atoms with Crippen molar-refractivity contribution in [2.75, 3.05) is 4.72 Å². The highest BCUT2D eigenvalue weighted by atomic mass is 35.5. The van der Waals surface area contributed by atoms with Crippen LogP contribution in [0.4, 0.5) is 9.52 Å². The van der Waals surface area contributed by atoms with Crippen LogP contribution in [0, 0.1) is 17.1 Å². The summed E-state index contributed by atoms with van der Waals surface area (Å²) >= 11 is 6.73. The van der Waals surface area contributed by atoms with Gasteiger partial charge in [-0.1, -0.05) is 22.9 Å². The van der Waals surface area contributed by atoms with Crippen LogP contribution in [0.15, 0.2) is 59.8 Å². The highest BCUT2D eigenvalue weighted by Gasteiger charge is 2.20. The SMILES string of the molecule is N#Cc1cc(S(=O)(=O)Nc2ncc(Cl)s2)ccc1Oc1ccc(F)cc1-c1ccn[nH]1. The Morgan fingerprint density at radius 1 is 1.19 bits per heavy atom. The van der Waals surface area contributed by atoms with Crippen LogP contribution in [-0.4, -0.2) is 23.6 Å². The summed E-state index contributed by atoms with van der Waals surface area (Å²) in [4.78, 5) is 3.69. The van der Waals surface area contributed by atoms with Crippen molar-refractivity contribution in [1.82, 2.24) is 15.2 Å². The molecule has 0 bridgehead atoms. The van der Waals surface area contributed by atoms with Gasteiger partial charge in [0, 0.05) is 11.8 Å². The number of ether oxygens (including phenoxy) is 1. The number of thiazole rings is 1. The number of hydrogen-bond acceptors (Lipinski definition) is 7. The fraction of sp³-hybridized carbons (Fsp3) is 0. The number of benzene rings is 2. The van der Waals surface area contributed by atoms with E-state index in [1.807, 2.05) is 6.07 Å². The average Bonchev–Trinajstić information content (AvgIpc) is 3.41. The number of H-pyrrole nitrogens is 1. The van der Waals surface area contributed by atoms with E-state index in [1.165, 1.54) is 48.8 Å². The van der Waals surface area contributed by atoms with Crippen LogP contribution in [0.3, 0.4) is 0 Å². The number of nitrogens with one attached hydrogen (secondary N) is 2. The largest absolute Gasteiger partial charge is 0.455 e. The molecule has 0 radical (unpaired) electrons. The van der Waals surface area contributed by atoms with Crippen LogP contribution in [0.5, 0.6) is 11.5 Å². The Morgan fingerprint density at radius 2 is 2.00 bits per heavy atom. The van der Waals surface area contributed by atoms with Crippen LogP contribution in [0.2, 0.25) is 4.34 Å². The lowest BCUT2D eigenvalue weighted by atomic mass is 10.1. The van der Waals surface area contributed by atoms with Crippen molar-refractivity contribution in [3.63, 3.8) is 0 Å². The third-order valence-electron chi connectivity index (χ3n) is 4.03. The molecule has 12 heteroatoms. The summed E-state index contributed by atoms with van der Waals surface area (Å²) in [5, 5.41) is 16.2. The normalized spacial score (nSPS) is 11.1. The van der Waals surface area contributed by atoms with E-state index in [0.29, 0.717) is 15.6 Å². The molecule has 2 aromatic heterocycles. The molecule has 4 rings (SSSR count). The average molecular weight is 476 g/mol. The van der Waals surface area contributed by atoms with Crippen LogP contribution in [-0.2, 0) is 10.0 Å². The lowest BCUT2D eigenvalue weighted by Crippen LogP contribution is -2.13. The summed E-state index contributed by atoms with van der Waals surface area (Å²) in [6.45, 7) is 0. The zero-order valence-electron chi connectivity index (χ0n) is 15.3. The summed E-state index contributed by atoms with van der Waals surface area (Å²) in [6, 6.07) is 11.2. The zero-order chi connectivity index (χ0) is 22.0. The van der Waals surface area contributed by atoms with Gasteiger partial charge in [0.25, 0.3) is 10.0 Å². The molecular formula is C19H11ClFN5O3S2. The number of rotatable bonds is 6. The van der Waals surface area contributed by atoms with Gasteiger partial charge < -0.3 is 4.74 Å². The number of halogens is 2. The van der Waals surface area contributed by atoms with Crippen molar-refractivity contribution in [3.8, 4) is 28.8 Å². The van der Waals surface area contributed by atoms with Crippen LogP contribution < -0.4 is 9.46 Å². The van der Waals surface area contributed by atoms with E-state index in [2.05, 4.69) is 19.9 Å². The predicted octanol–water partition coefficient (Wildman–Crippen LogP) is 4.79. The molecule has 2 heterocycles. The number of nitrogens with zero attached hydrogens (tertiary/aromatic N) is 3. The predicted molar refractivity (Wildman–Crippen MR) is 113 cm³/mol. The molecule has 0 atom stereocenters. The number of aromatic nitrogens is 3. The molecule has 4 aromatic rings. The molecule has 2 aromatic carbocycles. The van der Waals surface area contributed by atoms with Crippen molar-refractivity contribution in [2.24, 2.45) is 0 Å². The first-order chi connectivity index (χ1) is 14.9. The topological polar surface area (TPSA) is 121 Å². The van der Waals surface area contributed by atoms with Crippen molar-refractivity contribution in [2.45, 2.75) is 4.90 Å². The number of anilines is 1. The molecule has 0 aliphatic carbocycles. The Bertz CT molecular complexity index is 1400. The molecule has 0 amide bonds. The van der Waals surface area contributed by atoms with Gasteiger partial charge in [0.05, 0.1) is 22.3 Å². The van der Waals surface area contributed by atoms with Gasteiger partial charge in [0.15, 0.2) is 5.13 Å². The van der Waals surface area contributed by atoms with Crippen LogP contribution in [0.25, 0.3) is 11.3 Å². The molecule has 0 aliphatic heterocycles. The van der Waals surface area contributed by atoms with E-state index in [1.54, 1.807) is 6.07 Å². The quantitative estimate of drug-likeness (QED) is 0.413. The molecule has 156 valence electrons. The molecule has 0 aliphatic rings. The third-order valence-corrected chi connectivity index (χ3v) is 6.53. The fourth-order valence-electron chi connectivity index (χ4n) is 2.65. The fourth-order valence-corrected chi connectivity index (χ4v) is 4.73. The molecule has 0 unspecified atom stereocenters. The molecule has 0 fully saturated rings. The first-order valence-electron chi connectivity index (χ1n) is 8.51. The maximum atomic E-state index is 13.8. The molecule has 0 saturated carbocycles. The lowest BCUT2D eigenvalue weighted by Gasteiger charge is -2.13. The van der Waals surface area contributed by atoms with E-state index in [4.69, 9.17) is 16.3 Å². The van der Waals surface area contributed by atoms with E-state index in [-0.39, 0.29) is 27.1 Å². The number of nitriles is 1. The minimum atomic E-state index is -4.00. The van der Waals surface area contributed by atoms with E-state index in [9.17, 15) is 18.1 Å². The molecular weight excluding hydrogens is 465 g/mol. The van der Waals surface area contributed by atoms with Crippen molar-refractivity contribution >= 4 is 38.1 Å². The summed E-state index contributed by atoms with van der Waals surface area (Å²) in [6.07, 6.45) is 2.83. The number of hydrogen-bond donors (Lipinski definition) is 2. The highest BCUT2D eigenvalue weighted by molar-refractivity contribution is 7.93. The number of aromatic amines is 1. The van der Waals surface area contributed by atoms with E-state index in [0.717, 1.165) is 11.3 Å². The Labute approximate surface area is 185 Å². The highest BCUT2D eigenvalue weighted by Crippen LogP contribution is 2.35. The van der Waals surface area contributed by atoms with Crippen LogP contribution in [0.1, 0.15) is 5.56 Å². The van der Waals surface area contributed by atoms with E-state index < -0.39 is 15.8 Å². The molecule has 2 N–H and O–H groups in total. The second kappa shape index (κ2) is 8.35. The van der Waals surface area contributed by atoms with Crippen LogP contribution >= 0.6 is 22.9 Å². The van der Waals surface area contributed by atoms with Crippen molar-refractivity contribution in [1.29, 1.82) is 5.26 Å². The van der Waals surface area contributed by atoms with Gasteiger partial charge in [0.1, 0.15) is 27.7 Å². The van der Waals surface area contributed by atoms with Gasteiger partial charge in [-0.05, 0) is 42.5 Å². The van der Waals surface area contributed by atoms with E-state index >= 15 is 0 Å². The lowest BCUT2D eigenvalue weighted by molar-refractivity contribution is 0.480. The number of sulfonamides is 1. The monoisotopic (exact) mass is 475 g/mol.